The van der Waals surface area contributed by atoms with E-state index in [1.165, 1.54) is 0 Å². The van der Waals surface area contributed by atoms with E-state index in [2.05, 4.69) is 26.0 Å². The van der Waals surface area contributed by atoms with E-state index in [0.29, 0.717) is 11.0 Å². The average Bonchev–Trinajstić information content (AvgIpc) is 2.86. The van der Waals surface area contributed by atoms with E-state index in [0.717, 1.165) is 22.2 Å². The molecule has 0 saturated carbocycles. The first-order valence-electron chi connectivity index (χ1n) is 6.28. The minimum atomic E-state index is -0.0247. The molecule has 3 aromatic heterocycles. The first-order valence-corrected chi connectivity index (χ1v) is 7.07. The van der Waals surface area contributed by atoms with Gasteiger partial charge in [0.25, 0.3) is 5.56 Å². The van der Waals surface area contributed by atoms with E-state index < -0.39 is 0 Å². The van der Waals surface area contributed by atoms with Crippen molar-refractivity contribution < 1.29 is 0 Å². The highest BCUT2D eigenvalue weighted by molar-refractivity contribution is 9.10. The van der Waals surface area contributed by atoms with Crippen molar-refractivity contribution in [1.82, 2.24) is 19.3 Å². The third-order valence-corrected chi connectivity index (χ3v) is 3.82. The lowest BCUT2D eigenvalue weighted by atomic mass is 10.2. The first kappa shape index (κ1) is 13.1. The molecule has 20 heavy (non-hydrogen) atoms. The van der Waals surface area contributed by atoms with Crippen LogP contribution in [0.5, 0.6) is 0 Å². The van der Waals surface area contributed by atoms with E-state index in [9.17, 15) is 4.79 Å². The number of aromatic nitrogens is 4. The molecular weight excluding hydrogens is 320 g/mol. The Kier molecular flexibility index (Phi) is 3.17. The molecule has 0 aliphatic rings. The molecular formula is C14H13BrN4O. The molecule has 0 unspecified atom stereocenters. The van der Waals surface area contributed by atoms with Crippen LogP contribution in [0.4, 0.5) is 0 Å². The molecule has 3 aromatic rings. The Labute approximate surface area is 124 Å². The zero-order valence-electron chi connectivity index (χ0n) is 11.2. The van der Waals surface area contributed by atoms with Gasteiger partial charge in [-0.2, -0.15) is 5.10 Å². The van der Waals surface area contributed by atoms with Gasteiger partial charge < -0.3 is 4.57 Å². The normalized spacial score (nSPS) is 11.2. The van der Waals surface area contributed by atoms with Crippen LogP contribution in [0.25, 0.3) is 22.2 Å². The van der Waals surface area contributed by atoms with E-state index in [-0.39, 0.29) is 5.56 Å². The van der Waals surface area contributed by atoms with E-state index in [1.54, 1.807) is 21.6 Å². The molecule has 102 valence electrons. The Balaban J connectivity index is 2.30. The van der Waals surface area contributed by atoms with Crippen molar-refractivity contribution in [1.29, 1.82) is 0 Å². The number of halogens is 1. The number of hydrogen-bond acceptors (Lipinski definition) is 3. The van der Waals surface area contributed by atoms with Gasteiger partial charge >= 0.3 is 0 Å². The van der Waals surface area contributed by atoms with Crippen molar-refractivity contribution in [3.05, 3.63) is 45.5 Å². The molecule has 5 nitrogen and oxygen atoms in total. The predicted octanol–water partition coefficient (Wildman–Crippen LogP) is 2.58. The maximum atomic E-state index is 12.1. The molecule has 0 spiro atoms. The summed E-state index contributed by atoms with van der Waals surface area (Å²) >= 11 is 3.30. The molecule has 0 aliphatic carbocycles. The molecule has 0 bridgehead atoms. The fourth-order valence-corrected chi connectivity index (χ4v) is 2.72. The van der Waals surface area contributed by atoms with Gasteiger partial charge in [-0.1, -0.05) is 0 Å². The Hall–Kier alpha value is -1.95. The molecule has 0 atom stereocenters. The quantitative estimate of drug-likeness (QED) is 0.724. The van der Waals surface area contributed by atoms with Crippen molar-refractivity contribution in [2.75, 3.05) is 0 Å². The fraction of sp³-hybridized carbons (Fsp3) is 0.214. The van der Waals surface area contributed by atoms with Crippen LogP contribution >= 0.6 is 15.9 Å². The maximum Gasteiger partial charge on any atom is 0.265 e. The van der Waals surface area contributed by atoms with Crippen molar-refractivity contribution in [2.24, 2.45) is 7.05 Å². The number of hydrogen-bond donors (Lipinski definition) is 0. The third kappa shape index (κ3) is 2.06. The van der Waals surface area contributed by atoms with Gasteiger partial charge in [0.2, 0.25) is 0 Å². The second-order valence-electron chi connectivity index (χ2n) is 4.57. The number of nitrogens with zero attached hydrogens (tertiary/aromatic N) is 4. The van der Waals surface area contributed by atoms with Crippen LogP contribution in [0.2, 0.25) is 0 Å². The van der Waals surface area contributed by atoms with E-state index in [4.69, 9.17) is 0 Å². The van der Waals surface area contributed by atoms with Crippen molar-refractivity contribution in [3.63, 3.8) is 0 Å². The predicted molar refractivity (Wildman–Crippen MR) is 81.6 cm³/mol. The van der Waals surface area contributed by atoms with Gasteiger partial charge in [-0.15, -0.1) is 0 Å². The number of fused-ring (bicyclic) bond motifs is 1. The summed E-state index contributed by atoms with van der Waals surface area (Å²) in [5.74, 6) is 0. The smallest absolute Gasteiger partial charge is 0.265 e. The van der Waals surface area contributed by atoms with E-state index in [1.807, 2.05) is 32.3 Å². The summed E-state index contributed by atoms with van der Waals surface area (Å²) in [6.07, 6.45) is 5.46. The number of aryl methyl sites for hydroxylation is 2. The summed E-state index contributed by atoms with van der Waals surface area (Å²) in [7, 11) is 1.86. The molecule has 0 amide bonds. The van der Waals surface area contributed by atoms with Crippen LogP contribution in [-0.4, -0.2) is 19.3 Å². The van der Waals surface area contributed by atoms with Gasteiger partial charge in [0.05, 0.1) is 21.9 Å². The number of pyridine rings is 2. The molecule has 3 heterocycles. The van der Waals surface area contributed by atoms with Crippen LogP contribution in [0, 0.1) is 0 Å². The minimum absolute atomic E-state index is 0.0247. The van der Waals surface area contributed by atoms with Gasteiger partial charge in [0, 0.05) is 36.9 Å². The van der Waals surface area contributed by atoms with Gasteiger partial charge in [-0.25, -0.2) is 0 Å². The first-order chi connectivity index (χ1) is 9.60. The highest BCUT2D eigenvalue weighted by atomic mass is 79.9. The molecule has 0 radical (unpaired) electrons. The Morgan fingerprint density at radius 1 is 1.30 bits per heavy atom. The maximum absolute atomic E-state index is 12.1. The monoisotopic (exact) mass is 332 g/mol. The van der Waals surface area contributed by atoms with Gasteiger partial charge in [0.1, 0.15) is 0 Å². The summed E-state index contributed by atoms with van der Waals surface area (Å²) in [5, 5.41) is 5.08. The highest BCUT2D eigenvalue weighted by Crippen LogP contribution is 2.22. The zero-order chi connectivity index (χ0) is 14.3. The van der Waals surface area contributed by atoms with Gasteiger partial charge in [-0.05, 0) is 35.0 Å². The lowest BCUT2D eigenvalue weighted by Crippen LogP contribution is -2.20. The van der Waals surface area contributed by atoms with Gasteiger partial charge in [-0.3, -0.25) is 14.5 Å². The highest BCUT2D eigenvalue weighted by Gasteiger charge is 2.09. The molecule has 0 aromatic carbocycles. The largest absolute Gasteiger partial charge is 0.307 e. The summed E-state index contributed by atoms with van der Waals surface area (Å²) < 4.78 is 4.03. The van der Waals surface area contributed by atoms with Crippen molar-refractivity contribution in [3.8, 4) is 11.3 Å². The molecule has 0 N–H and O–H groups in total. The summed E-state index contributed by atoms with van der Waals surface area (Å²) in [6.45, 7) is 2.57. The second kappa shape index (κ2) is 4.86. The lowest BCUT2D eigenvalue weighted by molar-refractivity contribution is 0.755. The average molecular weight is 333 g/mol. The molecule has 0 aliphatic heterocycles. The van der Waals surface area contributed by atoms with Crippen LogP contribution in [0.1, 0.15) is 6.92 Å². The lowest BCUT2D eigenvalue weighted by Gasteiger charge is -2.09. The van der Waals surface area contributed by atoms with Gasteiger partial charge in [0.15, 0.2) is 0 Å². The topological polar surface area (TPSA) is 52.7 Å². The number of rotatable bonds is 2. The summed E-state index contributed by atoms with van der Waals surface area (Å²) in [4.78, 5) is 16.6. The van der Waals surface area contributed by atoms with Crippen molar-refractivity contribution >= 4 is 26.8 Å². The minimum Gasteiger partial charge on any atom is -0.307 e. The Morgan fingerprint density at radius 2 is 2.10 bits per heavy atom. The molecule has 3 rings (SSSR count). The summed E-state index contributed by atoms with van der Waals surface area (Å²) in [6, 6.07) is 3.74. The zero-order valence-corrected chi connectivity index (χ0v) is 12.8. The summed E-state index contributed by atoms with van der Waals surface area (Å²) in [5.41, 5.74) is 2.61. The fourth-order valence-electron chi connectivity index (χ4n) is 2.26. The molecule has 0 fully saturated rings. The van der Waals surface area contributed by atoms with Crippen molar-refractivity contribution in [2.45, 2.75) is 13.5 Å². The molecule has 6 heteroatoms. The van der Waals surface area contributed by atoms with E-state index >= 15 is 0 Å². The van der Waals surface area contributed by atoms with Crippen LogP contribution < -0.4 is 5.56 Å². The van der Waals surface area contributed by atoms with Crippen LogP contribution in [0.3, 0.4) is 0 Å². The van der Waals surface area contributed by atoms with Crippen LogP contribution in [0.15, 0.2) is 40.0 Å². The molecule has 0 saturated heterocycles. The Bertz CT molecular complexity index is 850. The SMILES string of the molecule is CCn1c(=O)c(Br)cc2cnc(-c3cnn(C)c3)cc21. The van der Waals surface area contributed by atoms with Crippen LogP contribution in [-0.2, 0) is 13.6 Å². The Morgan fingerprint density at radius 3 is 2.75 bits per heavy atom. The standard InChI is InChI=1S/C14H13BrN4O/c1-3-19-13-5-12(10-7-17-18(2)8-10)16-6-9(13)4-11(15)14(19)20/h4-8H,3H2,1-2H3. The third-order valence-electron chi connectivity index (χ3n) is 3.25. The second-order valence-corrected chi connectivity index (χ2v) is 5.43.